The Morgan fingerprint density at radius 2 is 1.64 bits per heavy atom. The molecule has 0 amide bonds. The van der Waals surface area contributed by atoms with Crippen LogP contribution in [0.25, 0.3) is 0 Å². The number of hydrogen-bond acceptors (Lipinski definition) is 3. The molecule has 0 saturated heterocycles. The van der Waals surface area contributed by atoms with E-state index in [-0.39, 0.29) is 39.8 Å². The van der Waals surface area contributed by atoms with Gasteiger partial charge in [0.05, 0.1) is 6.10 Å². The van der Waals surface area contributed by atoms with Crippen molar-refractivity contribution in [1.29, 1.82) is 0 Å². The zero-order valence-corrected chi connectivity index (χ0v) is 18.8. The Balaban J connectivity index is 0. The number of carboxylic acid groups (broad SMARTS) is 1. The molecule has 0 saturated carbocycles. The van der Waals surface area contributed by atoms with Crippen LogP contribution in [0.4, 0.5) is 0 Å². The molecular formula is C18H33O3Tl. The third kappa shape index (κ3) is 20.1. The van der Waals surface area contributed by atoms with Crippen LogP contribution in [0, 0.1) is 0 Å². The monoisotopic (exact) mass is 502 g/mol. The summed E-state index contributed by atoms with van der Waals surface area (Å²) in [6, 6.07) is 0. The van der Waals surface area contributed by atoms with Crippen molar-refractivity contribution in [3.8, 4) is 0 Å². The molecule has 22 heavy (non-hydrogen) atoms. The fourth-order valence-electron chi connectivity index (χ4n) is 2.36. The van der Waals surface area contributed by atoms with E-state index in [1.165, 1.54) is 19.3 Å². The molecule has 1 unspecified atom stereocenters. The molecule has 1 atom stereocenters. The summed E-state index contributed by atoms with van der Waals surface area (Å²) in [6.07, 6.45) is 17.0. The van der Waals surface area contributed by atoms with Crippen LogP contribution in [0.1, 0.15) is 90.4 Å². The molecule has 4 heteroatoms. The van der Waals surface area contributed by atoms with Crippen molar-refractivity contribution in [2.75, 3.05) is 0 Å². The van der Waals surface area contributed by atoms with Crippen molar-refractivity contribution in [2.24, 2.45) is 0 Å². The fraction of sp³-hybridized carbons (Fsp3) is 0.833. The van der Waals surface area contributed by atoms with E-state index in [4.69, 9.17) is 0 Å². The number of rotatable bonds is 15. The standard InChI is InChI=1S/C18H34O3.Tl/c1-2-3-4-11-14-17(19)15-12-9-7-5-6-8-10-13-16-18(20)21;/h9,12,17,19H,2-8,10-11,13-16H2,1H3,(H,20,21);/q;+1/p-1/b12-9-;. The molecule has 0 aromatic rings. The average molecular weight is 502 g/mol. The van der Waals surface area contributed by atoms with E-state index in [1.54, 1.807) is 0 Å². The molecule has 0 heterocycles. The molecule has 0 radical (unpaired) electrons. The minimum Gasteiger partial charge on any atom is -0.550 e. The van der Waals surface area contributed by atoms with Crippen molar-refractivity contribution in [2.45, 2.75) is 96.5 Å². The molecule has 126 valence electrons. The number of aliphatic carboxylic acids is 1. The zero-order chi connectivity index (χ0) is 15.8. The Kier molecular flexibility index (Phi) is 21.2. The molecule has 0 aliphatic heterocycles. The van der Waals surface area contributed by atoms with Gasteiger partial charge >= 0.3 is 27.3 Å². The summed E-state index contributed by atoms with van der Waals surface area (Å²) < 4.78 is 0. The molecule has 0 aromatic heterocycles. The smallest absolute Gasteiger partial charge is 0.550 e. The first kappa shape index (κ1) is 24.3. The van der Waals surface area contributed by atoms with Gasteiger partial charge in [0.15, 0.2) is 0 Å². The summed E-state index contributed by atoms with van der Waals surface area (Å²) >= 11 is 0. The van der Waals surface area contributed by atoms with Gasteiger partial charge in [0, 0.05) is 5.97 Å². The minimum absolute atomic E-state index is 0. The molecular weight excluding hydrogens is 469 g/mol. The first-order chi connectivity index (χ1) is 10.2. The van der Waals surface area contributed by atoms with E-state index in [1.807, 2.05) is 0 Å². The first-order valence-electron chi connectivity index (χ1n) is 8.69. The number of hydrogen-bond donors (Lipinski definition) is 1. The van der Waals surface area contributed by atoms with Gasteiger partial charge in [-0.3, -0.25) is 0 Å². The Morgan fingerprint density at radius 3 is 2.32 bits per heavy atom. The molecule has 1 N–H and O–H groups in total. The molecule has 0 spiro atoms. The van der Waals surface area contributed by atoms with Crippen LogP contribution in [-0.2, 0) is 4.79 Å². The van der Waals surface area contributed by atoms with Gasteiger partial charge in [0.2, 0.25) is 0 Å². The van der Waals surface area contributed by atoms with Gasteiger partial charge in [-0.15, -0.1) is 0 Å². The Morgan fingerprint density at radius 1 is 1.00 bits per heavy atom. The summed E-state index contributed by atoms with van der Waals surface area (Å²) in [4.78, 5) is 10.2. The normalized spacial score (nSPS) is 12.3. The maximum atomic E-state index is 10.2. The van der Waals surface area contributed by atoms with Crippen molar-refractivity contribution >= 4 is 33.3 Å². The summed E-state index contributed by atoms with van der Waals surface area (Å²) in [6.45, 7) is 2.20. The van der Waals surface area contributed by atoms with E-state index in [0.717, 1.165) is 57.8 Å². The van der Waals surface area contributed by atoms with E-state index in [0.29, 0.717) is 0 Å². The molecule has 0 fully saturated rings. The predicted molar refractivity (Wildman–Crippen MR) is 91.6 cm³/mol. The van der Waals surface area contributed by atoms with Crippen molar-refractivity contribution in [3.63, 3.8) is 0 Å². The van der Waals surface area contributed by atoms with Gasteiger partial charge in [0.25, 0.3) is 0 Å². The van der Waals surface area contributed by atoms with Crippen LogP contribution in [-0.4, -0.2) is 44.5 Å². The van der Waals surface area contributed by atoms with Gasteiger partial charge in [-0.2, -0.15) is 0 Å². The largest absolute Gasteiger partial charge is 1.00 e. The van der Waals surface area contributed by atoms with Gasteiger partial charge < -0.3 is 15.0 Å². The van der Waals surface area contributed by atoms with Crippen LogP contribution >= 0.6 is 0 Å². The van der Waals surface area contributed by atoms with Crippen molar-refractivity contribution in [3.05, 3.63) is 12.2 Å². The number of aliphatic hydroxyl groups is 1. The third-order valence-corrected chi connectivity index (χ3v) is 3.72. The van der Waals surface area contributed by atoms with E-state index < -0.39 is 5.97 Å². The van der Waals surface area contributed by atoms with Gasteiger partial charge in [-0.1, -0.05) is 64.0 Å². The Labute approximate surface area is 156 Å². The number of carbonyl (C=O) groups excluding carboxylic acids is 1. The van der Waals surface area contributed by atoms with Crippen molar-refractivity contribution < 1.29 is 15.0 Å². The summed E-state index contributed by atoms with van der Waals surface area (Å²) in [5.74, 6) is -0.939. The predicted octanol–water partition coefficient (Wildman–Crippen LogP) is 3.36. The quantitative estimate of drug-likeness (QED) is 0.213. The average Bonchev–Trinajstić information content (AvgIpc) is 2.45. The van der Waals surface area contributed by atoms with E-state index >= 15 is 0 Å². The molecule has 3 nitrogen and oxygen atoms in total. The molecule has 0 bridgehead atoms. The maximum absolute atomic E-state index is 10.2. The van der Waals surface area contributed by atoms with Crippen LogP contribution in [0.5, 0.6) is 0 Å². The third-order valence-electron chi connectivity index (χ3n) is 3.72. The molecule has 0 aliphatic rings. The van der Waals surface area contributed by atoms with Crippen LogP contribution < -0.4 is 5.11 Å². The van der Waals surface area contributed by atoms with Gasteiger partial charge in [0.1, 0.15) is 0 Å². The summed E-state index contributed by atoms with van der Waals surface area (Å²) in [5.41, 5.74) is 0. The SMILES string of the molecule is CCCCCCC(O)C/C=C\CCCCCCCC(=O)[O-].[Tl+]. The molecule has 0 aliphatic carbocycles. The Bertz CT molecular complexity index is 267. The molecule has 0 rings (SSSR count). The second-order valence-electron chi connectivity index (χ2n) is 5.89. The number of unbranched alkanes of at least 4 members (excludes halogenated alkanes) is 8. The maximum Gasteiger partial charge on any atom is 1.00 e. The Hall–Kier alpha value is 0.0921. The number of aliphatic hydroxyl groups excluding tert-OH is 1. The first-order valence-corrected chi connectivity index (χ1v) is 8.69. The fourth-order valence-corrected chi connectivity index (χ4v) is 2.36. The van der Waals surface area contributed by atoms with E-state index in [9.17, 15) is 15.0 Å². The number of allylic oxidation sites excluding steroid dienone is 1. The number of carboxylic acids is 1. The zero-order valence-electron chi connectivity index (χ0n) is 14.3. The second kappa shape index (κ2) is 19.1. The summed E-state index contributed by atoms with van der Waals surface area (Å²) in [5, 5.41) is 20.0. The number of carbonyl (C=O) groups is 1. The minimum atomic E-state index is -0.939. The van der Waals surface area contributed by atoms with Crippen LogP contribution in [0.2, 0.25) is 0 Å². The van der Waals surface area contributed by atoms with Crippen LogP contribution in [0.3, 0.4) is 0 Å². The molecule has 0 aromatic carbocycles. The van der Waals surface area contributed by atoms with Gasteiger partial charge in [-0.05, 0) is 38.5 Å². The summed E-state index contributed by atoms with van der Waals surface area (Å²) in [7, 11) is 0. The van der Waals surface area contributed by atoms with Gasteiger partial charge in [-0.25, -0.2) is 0 Å². The van der Waals surface area contributed by atoms with E-state index in [2.05, 4.69) is 19.1 Å². The van der Waals surface area contributed by atoms with Crippen LogP contribution in [0.15, 0.2) is 12.2 Å². The second-order valence-corrected chi connectivity index (χ2v) is 5.89. The van der Waals surface area contributed by atoms with Crippen molar-refractivity contribution in [1.82, 2.24) is 0 Å². The topological polar surface area (TPSA) is 60.4 Å².